The Hall–Kier alpha value is -1.58. The van der Waals surface area contributed by atoms with Gasteiger partial charge in [0.05, 0.1) is 12.2 Å². The molecule has 2 saturated carbocycles. The van der Waals surface area contributed by atoms with E-state index in [1.165, 1.54) is 29.2 Å². The minimum Gasteiger partial charge on any atom is -0.392 e. The molecule has 4 heteroatoms. The van der Waals surface area contributed by atoms with Crippen LogP contribution in [0.2, 0.25) is 0 Å². The van der Waals surface area contributed by atoms with Gasteiger partial charge in [0.25, 0.3) is 0 Å². The van der Waals surface area contributed by atoms with Gasteiger partial charge in [0.2, 0.25) is 0 Å². The number of hydrogen-bond donors (Lipinski definition) is 2. The molecule has 1 radical (unpaired) electrons. The number of aromatic nitrogens is 1. The molecule has 35 heavy (non-hydrogen) atoms. The van der Waals surface area contributed by atoms with Crippen LogP contribution < -0.4 is 0 Å². The third-order valence-corrected chi connectivity index (χ3v) is 8.28. The van der Waals surface area contributed by atoms with Crippen LogP contribution >= 0.6 is 0 Å². The summed E-state index contributed by atoms with van der Waals surface area (Å²) in [7, 11) is 0. The van der Waals surface area contributed by atoms with Crippen LogP contribution in [0.15, 0.2) is 54.7 Å². The summed E-state index contributed by atoms with van der Waals surface area (Å²) >= 11 is 0. The van der Waals surface area contributed by atoms with Gasteiger partial charge >= 0.3 is 0 Å². The normalized spacial score (nSPS) is 28.0. The van der Waals surface area contributed by atoms with Gasteiger partial charge in [-0.3, -0.25) is 0 Å². The molecule has 2 aliphatic carbocycles. The number of pyridine rings is 1. The third-order valence-electron chi connectivity index (χ3n) is 8.28. The summed E-state index contributed by atoms with van der Waals surface area (Å²) < 4.78 is 0. The van der Waals surface area contributed by atoms with E-state index in [4.69, 9.17) is 0 Å². The van der Waals surface area contributed by atoms with Gasteiger partial charge in [0.15, 0.2) is 0 Å². The van der Waals surface area contributed by atoms with Crippen LogP contribution in [-0.2, 0) is 20.1 Å². The molecule has 3 nitrogen and oxygen atoms in total. The molecule has 0 saturated heterocycles. The number of aliphatic hydroxyl groups is 2. The Morgan fingerprint density at radius 3 is 2.43 bits per heavy atom. The average Bonchev–Trinajstić information content (AvgIpc) is 2.84. The Morgan fingerprint density at radius 1 is 0.971 bits per heavy atom. The van der Waals surface area contributed by atoms with Crippen molar-refractivity contribution in [2.75, 3.05) is 0 Å². The van der Waals surface area contributed by atoms with Crippen LogP contribution in [0.4, 0.5) is 0 Å². The van der Waals surface area contributed by atoms with Crippen LogP contribution in [0.3, 0.4) is 0 Å². The van der Waals surface area contributed by atoms with Crippen molar-refractivity contribution in [2.24, 2.45) is 29.6 Å². The van der Waals surface area contributed by atoms with Gasteiger partial charge in [-0.15, -0.1) is 35.9 Å². The average molecular weight is 651 g/mol. The first kappa shape index (κ1) is 28.0. The van der Waals surface area contributed by atoms with E-state index in [1.807, 2.05) is 30.5 Å². The molecule has 4 unspecified atom stereocenters. The van der Waals surface area contributed by atoms with Crippen molar-refractivity contribution in [2.45, 2.75) is 72.0 Å². The molecule has 0 bridgehead atoms. The zero-order chi connectivity index (χ0) is 24.2. The molecule has 1 aromatic heterocycles. The van der Waals surface area contributed by atoms with Gasteiger partial charge in [-0.1, -0.05) is 57.0 Å². The summed E-state index contributed by atoms with van der Waals surface area (Å²) in [4.78, 5) is 4.48. The van der Waals surface area contributed by atoms with E-state index in [0.717, 1.165) is 30.5 Å². The SMILES string of the molecule is CC[C@H]1CCC2CC[C@@H](C(C)C)C(O)C2C1O.Cc1ccc2cnc(-c3[c-]cccc3)cc2c1.[Ir]. The minimum absolute atomic E-state index is 0. The van der Waals surface area contributed by atoms with Gasteiger partial charge in [0.1, 0.15) is 0 Å². The molecule has 0 spiro atoms. The Morgan fingerprint density at radius 2 is 1.74 bits per heavy atom. The van der Waals surface area contributed by atoms with Crippen molar-refractivity contribution in [3.63, 3.8) is 0 Å². The summed E-state index contributed by atoms with van der Waals surface area (Å²) in [5.74, 6) is 2.05. The number of aliphatic hydroxyl groups excluding tert-OH is 2. The molecule has 3 aromatic rings. The van der Waals surface area contributed by atoms with Crippen LogP contribution in [0.5, 0.6) is 0 Å². The maximum absolute atomic E-state index is 10.6. The van der Waals surface area contributed by atoms with Crippen LogP contribution in [0, 0.1) is 42.6 Å². The van der Waals surface area contributed by atoms with Gasteiger partial charge < -0.3 is 15.2 Å². The van der Waals surface area contributed by atoms with E-state index in [9.17, 15) is 10.2 Å². The molecule has 2 fully saturated rings. The topological polar surface area (TPSA) is 53.4 Å². The van der Waals surface area contributed by atoms with Crippen molar-refractivity contribution < 1.29 is 30.3 Å². The van der Waals surface area contributed by atoms with Crippen molar-refractivity contribution in [1.29, 1.82) is 0 Å². The fourth-order valence-electron chi connectivity index (χ4n) is 6.20. The second-order valence-electron chi connectivity index (χ2n) is 10.7. The predicted octanol–water partition coefficient (Wildman–Crippen LogP) is 6.83. The maximum atomic E-state index is 10.6. The zero-order valence-electron chi connectivity index (χ0n) is 21.4. The Bertz CT molecular complexity index is 1070. The van der Waals surface area contributed by atoms with Gasteiger partial charge in [-0.25, -0.2) is 0 Å². The van der Waals surface area contributed by atoms with Crippen molar-refractivity contribution in [1.82, 2.24) is 4.98 Å². The largest absolute Gasteiger partial charge is 0.392 e. The number of aryl methyl sites for hydroxylation is 1. The maximum Gasteiger partial charge on any atom is 0.0626 e. The molecular weight excluding hydrogens is 611 g/mol. The standard InChI is InChI=1S/C16H12N.C15H28O2.Ir/c1-12-7-8-14-11-17-16(10-15(14)9-12)13-5-3-2-4-6-13;1-4-10-5-6-11-7-8-12(9(2)3)15(17)13(11)14(10)16;/h2-5,7-11H,1H3;9-17H,4-8H2,1-3H3;/q-1;;/t;10-,11?,12-,13?,14?,15?;/m.0./s1. The summed E-state index contributed by atoms with van der Waals surface area (Å²) in [5, 5.41) is 23.4. The predicted molar refractivity (Wildman–Crippen MR) is 140 cm³/mol. The first-order valence-electron chi connectivity index (χ1n) is 13.1. The molecular formula is C31H40IrNO2-. The molecule has 2 N–H and O–H groups in total. The quantitative estimate of drug-likeness (QED) is 0.306. The fourth-order valence-corrected chi connectivity index (χ4v) is 6.20. The number of rotatable bonds is 3. The van der Waals surface area contributed by atoms with E-state index in [1.54, 1.807) is 0 Å². The molecule has 2 aromatic carbocycles. The van der Waals surface area contributed by atoms with Crippen molar-refractivity contribution in [3.05, 3.63) is 66.4 Å². The van der Waals surface area contributed by atoms with Crippen LogP contribution in [-0.4, -0.2) is 27.4 Å². The van der Waals surface area contributed by atoms with E-state index < -0.39 is 0 Å². The van der Waals surface area contributed by atoms with E-state index in [0.29, 0.717) is 23.7 Å². The van der Waals surface area contributed by atoms with E-state index >= 15 is 0 Å². The molecule has 0 aliphatic heterocycles. The Labute approximate surface area is 224 Å². The monoisotopic (exact) mass is 651 g/mol. The Kier molecular flexibility index (Phi) is 10.1. The summed E-state index contributed by atoms with van der Waals surface area (Å²) in [5.41, 5.74) is 3.28. The second-order valence-corrected chi connectivity index (χ2v) is 10.7. The van der Waals surface area contributed by atoms with Crippen LogP contribution in [0.25, 0.3) is 22.0 Å². The molecule has 1 heterocycles. The summed E-state index contributed by atoms with van der Waals surface area (Å²) in [6, 6.07) is 19.6. The zero-order valence-corrected chi connectivity index (χ0v) is 23.8. The van der Waals surface area contributed by atoms with Gasteiger partial charge in [0, 0.05) is 32.2 Å². The smallest absolute Gasteiger partial charge is 0.0626 e. The third kappa shape index (κ3) is 6.41. The van der Waals surface area contributed by atoms with Crippen LogP contribution in [0.1, 0.15) is 58.4 Å². The second kappa shape index (κ2) is 12.6. The summed E-state index contributed by atoms with van der Waals surface area (Å²) in [6.07, 6.45) is 7.13. The first-order valence-corrected chi connectivity index (χ1v) is 13.1. The number of nitrogens with zero attached hydrogens (tertiary/aromatic N) is 1. The van der Waals surface area contributed by atoms with Crippen molar-refractivity contribution in [3.8, 4) is 11.3 Å². The number of hydrogen-bond acceptors (Lipinski definition) is 3. The first-order chi connectivity index (χ1) is 16.4. The number of fused-ring (bicyclic) bond motifs is 2. The molecule has 191 valence electrons. The van der Waals surface area contributed by atoms with Crippen molar-refractivity contribution >= 4 is 10.8 Å². The van der Waals surface area contributed by atoms with Gasteiger partial charge in [-0.2, -0.15) is 0 Å². The fraction of sp³-hybridized carbons (Fsp3) is 0.516. The Balaban J connectivity index is 0.000000190. The minimum atomic E-state index is -0.280. The summed E-state index contributed by atoms with van der Waals surface area (Å²) in [6.45, 7) is 8.65. The molecule has 5 rings (SSSR count). The molecule has 0 amide bonds. The molecule has 2 aliphatic rings. The molecule has 6 atom stereocenters. The van der Waals surface area contributed by atoms with E-state index in [-0.39, 0.29) is 38.2 Å². The van der Waals surface area contributed by atoms with E-state index in [2.05, 4.69) is 63.0 Å². The number of benzene rings is 2. The van der Waals surface area contributed by atoms with Gasteiger partial charge in [-0.05, 0) is 72.7 Å².